The SMILES string of the molecule is CCN1CCN(C(=O)c2ccc(N3CCC(NCc4cccc(OC(F)(F)F)c4)CC3)cc2)CC1. The first-order valence-corrected chi connectivity index (χ1v) is 12.3. The summed E-state index contributed by atoms with van der Waals surface area (Å²) in [6.45, 7) is 8.80. The average molecular weight is 491 g/mol. The second-order valence-electron chi connectivity index (χ2n) is 9.11. The van der Waals surface area contributed by atoms with Gasteiger partial charge in [0.15, 0.2) is 0 Å². The number of hydrogen-bond acceptors (Lipinski definition) is 5. The third-order valence-electron chi connectivity index (χ3n) is 6.81. The lowest BCUT2D eigenvalue weighted by atomic mass is 10.0. The molecule has 2 aromatic rings. The topological polar surface area (TPSA) is 48.0 Å². The summed E-state index contributed by atoms with van der Waals surface area (Å²) in [5.74, 6) is -0.100. The predicted octanol–water partition coefficient (Wildman–Crippen LogP) is 4.12. The van der Waals surface area contributed by atoms with Gasteiger partial charge in [-0.2, -0.15) is 0 Å². The number of anilines is 1. The molecule has 190 valence electrons. The lowest BCUT2D eigenvalue weighted by Gasteiger charge is -2.35. The van der Waals surface area contributed by atoms with Crippen LogP contribution in [0.25, 0.3) is 0 Å². The number of nitrogens with one attached hydrogen (secondary N) is 1. The normalized spacial score (nSPS) is 18.1. The number of nitrogens with zero attached hydrogens (tertiary/aromatic N) is 3. The highest BCUT2D eigenvalue weighted by Gasteiger charge is 2.31. The number of benzene rings is 2. The van der Waals surface area contributed by atoms with Gasteiger partial charge in [0.25, 0.3) is 5.91 Å². The Morgan fingerprint density at radius 1 is 1.00 bits per heavy atom. The van der Waals surface area contributed by atoms with Crippen LogP contribution in [0.4, 0.5) is 18.9 Å². The maximum Gasteiger partial charge on any atom is 0.573 e. The fourth-order valence-electron chi connectivity index (χ4n) is 4.72. The van der Waals surface area contributed by atoms with Gasteiger partial charge >= 0.3 is 6.36 Å². The Kier molecular flexibility index (Phi) is 8.18. The minimum Gasteiger partial charge on any atom is -0.406 e. The molecule has 0 bridgehead atoms. The van der Waals surface area contributed by atoms with Crippen molar-refractivity contribution in [1.29, 1.82) is 0 Å². The summed E-state index contributed by atoms with van der Waals surface area (Å²) in [6, 6.07) is 14.3. The van der Waals surface area contributed by atoms with E-state index in [0.29, 0.717) is 12.6 Å². The second kappa shape index (κ2) is 11.3. The molecule has 2 fully saturated rings. The molecule has 0 aromatic heterocycles. The van der Waals surface area contributed by atoms with Gasteiger partial charge in [-0.25, -0.2) is 0 Å². The van der Waals surface area contributed by atoms with Crippen LogP contribution in [0.1, 0.15) is 35.7 Å². The van der Waals surface area contributed by atoms with Crippen molar-refractivity contribution in [2.75, 3.05) is 50.7 Å². The molecule has 0 saturated carbocycles. The molecule has 0 unspecified atom stereocenters. The van der Waals surface area contributed by atoms with Crippen LogP contribution >= 0.6 is 0 Å². The molecular weight excluding hydrogens is 457 g/mol. The highest BCUT2D eigenvalue weighted by molar-refractivity contribution is 5.94. The minimum atomic E-state index is -4.69. The monoisotopic (exact) mass is 490 g/mol. The van der Waals surface area contributed by atoms with Gasteiger partial charge in [-0.1, -0.05) is 19.1 Å². The van der Waals surface area contributed by atoms with Crippen LogP contribution in [0.3, 0.4) is 0 Å². The van der Waals surface area contributed by atoms with E-state index in [1.165, 1.54) is 12.1 Å². The molecule has 0 atom stereocenters. The number of amides is 1. The van der Waals surface area contributed by atoms with E-state index in [2.05, 4.69) is 26.8 Å². The highest BCUT2D eigenvalue weighted by Crippen LogP contribution is 2.24. The summed E-state index contributed by atoms with van der Waals surface area (Å²) in [5, 5.41) is 3.45. The van der Waals surface area contributed by atoms with Gasteiger partial charge in [-0.05, 0) is 61.3 Å². The summed E-state index contributed by atoms with van der Waals surface area (Å²) in [5.41, 5.74) is 2.59. The van der Waals surface area contributed by atoms with E-state index in [4.69, 9.17) is 0 Å². The lowest BCUT2D eigenvalue weighted by molar-refractivity contribution is -0.274. The first kappa shape index (κ1) is 25.3. The maximum atomic E-state index is 12.8. The van der Waals surface area contributed by atoms with Crippen LogP contribution < -0.4 is 15.0 Å². The predicted molar refractivity (Wildman–Crippen MR) is 130 cm³/mol. The fraction of sp³-hybridized carbons (Fsp3) is 0.500. The minimum absolute atomic E-state index is 0.0971. The van der Waals surface area contributed by atoms with Crippen LogP contribution in [-0.4, -0.2) is 73.9 Å². The first-order valence-electron chi connectivity index (χ1n) is 12.3. The standard InChI is InChI=1S/C26H33F3N4O2/c1-2-31-14-16-33(17-15-31)25(34)21-6-8-23(9-7-21)32-12-10-22(11-13-32)30-19-20-4-3-5-24(18-20)35-26(27,28)29/h3-9,18,22,30H,2,10-17,19H2,1H3. The van der Waals surface area contributed by atoms with Crippen molar-refractivity contribution in [1.82, 2.24) is 15.1 Å². The quantitative estimate of drug-likeness (QED) is 0.633. The molecule has 2 heterocycles. The number of hydrogen-bond donors (Lipinski definition) is 1. The van der Waals surface area contributed by atoms with Crippen LogP contribution in [0.5, 0.6) is 5.75 Å². The molecule has 2 saturated heterocycles. The molecule has 9 heteroatoms. The molecule has 6 nitrogen and oxygen atoms in total. The zero-order valence-electron chi connectivity index (χ0n) is 20.1. The number of ether oxygens (including phenoxy) is 1. The molecule has 2 aromatic carbocycles. The van der Waals surface area contributed by atoms with Crippen molar-refractivity contribution < 1.29 is 22.7 Å². The van der Waals surface area contributed by atoms with Crippen molar-refractivity contribution in [2.24, 2.45) is 0 Å². The van der Waals surface area contributed by atoms with Gasteiger partial charge in [-0.3, -0.25) is 4.79 Å². The van der Waals surface area contributed by atoms with Crippen LogP contribution in [0.2, 0.25) is 0 Å². The zero-order valence-corrected chi connectivity index (χ0v) is 20.1. The van der Waals surface area contributed by atoms with Crippen LogP contribution in [0, 0.1) is 0 Å². The van der Waals surface area contributed by atoms with E-state index in [1.54, 1.807) is 12.1 Å². The summed E-state index contributed by atoms with van der Waals surface area (Å²) in [4.78, 5) is 19.4. The molecule has 4 rings (SSSR count). The molecule has 2 aliphatic heterocycles. The summed E-state index contributed by atoms with van der Waals surface area (Å²) in [6.07, 6.45) is -2.82. The van der Waals surface area contributed by atoms with Crippen molar-refractivity contribution in [3.63, 3.8) is 0 Å². The van der Waals surface area contributed by atoms with Gasteiger partial charge < -0.3 is 24.8 Å². The Morgan fingerprint density at radius 2 is 1.69 bits per heavy atom. The molecule has 2 aliphatic rings. The number of piperidine rings is 1. The summed E-state index contributed by atoms with van der Waals surface area (Å²) in [7, 11) is 0. The van der Waals surface area contributed by atoms with E-state index in [9.17, 15) is 18.0 Å². The third-order valence-corrected chi connectivity index (χ3v) is 6.81. The molecule has 35 heavy (non-hydrogen) atoms. The number of carbonyl (C=O) groups excluding carboxylic acids is 1. The van der Waals surface area contributed by atoms with Gasteiger partial charge in [0.2, 0.25) is 0 Å². The average Bonchev–Trinajstić information content (AvgIpc) is 2.87. The molecule has 0 spiro atoms. The van der Waals surface area contributed by atoms with E-state index >= 15 is 0 Å². The zero-order chi connectivity index (χ0) is 24.8. The smallest absolute Gasteiger partial charge is 0.406 e. The fourth-order valence-corrected chi connectivity index (χ4v) is 4.72. The van der Waals surface area contributed by atoms with E-state index < -0.39 is 6.36 Å². The molecular formula is C26H33F3N4O2. The van der Waals surface area contributed by atoms with Gasteiger partial charge in [0.05, 0.1) is 0 Å². The number of halogens is 3. The summed E-state index contributed by atoms with van der Waals surface area (Å²) < 4.78 is 41.3. The molecule has 1 N–H and O–H groups in total. The highest BCUT2D eigenvalue weighted by atomic mass is 19.4. The maximum absolute atomic E-state index is 12.8. The van der Waals surface area contributed by atoms with E-state index in [-0.39, 0.29) is 11.7 Å². The molecule has 1 amide bonds. The number of piperazine rings is 1. The molecule has 0 aliphatic carbocycles. The Balaban J connectivity index is 1.23. The van der Waals surface area contributed by atoms with Crippen molar-refractivity contribution in [2.45, 2.75) is 38.7 Å². The summed E-state index contributed by atoms with van der Waals surface area (Å²) >= 11 is 0. The first-order chi connectivity index (χ1) is 16.8. The Labute approximate surface area is 204 Å². The Hall–Kier alpha value is -2.78. The lowest BCUT2D eigenvalue weighted by Crippen LogP contribution is -2.48. The Bertz CT molecular complexity index is 967. The van der Waals surface area contributed by atoms with Crippen LogP contribution in [0.15, 0.2) is 48.5 Å². The second-order valence-corrected chi connectivity index (χ2v) is 9.11. The van der Waals surface area contributed by atoms with Crippen molar-refractivity contribution in [3.05, 3.63) is 59.7 Å². The largest absolute Gasteiger partial charge is 0.573 e. The van der Waals surface area contributed by atoms with Gasteiger partial charge in [-0.15, -0.1) is 13.2 Å². The number of likely N-dealkylation sites (N-methyl/N-ethyl adjacent to an activating group) is 1. The van der Waals surface area contributed by atoms with Gasteiger partial charge in [0.1, 0.15) is 5.75 Å². The van der Waals surface area contributed by atoms with Crippen LogP contribution in [-0.2, 0) is 6.54 Å². The van der Waals surface area contributed by atoms with Crippen molar-refractivity contribution in [3.8, 4) is 5.75 Å². The number of carbonyl (C=O) groups is 1. The Morgan fingerprint density at radius 3 is 2.31 bits per heavy atom. The third kappa shape index (κ3) is 7.11. The van der Waals surface area contributed by atoms with E-state index in [1.807, 2.05) is 29.2 Å². The van der Waals surface area contributed by atoms with Gasteiger partial charge in [0, 0.05) is 63.1 Å². The van der Waals surface area contributed by atoms with Crippen molar-refractivity contribution >= 4 is 11.6 Å². The molecule has 0 radical (unpaired) electrons. The number of rotatable bonds is 7. The number of alkyl halides is 3. The van der Waals surface area contributed by atoms with E-state index in [0.717, 1.165) is 75.5 Å².